The van der Waals surface area contributed by atoms with Crippen LogP contribution >= 0.6 is 0 Å². The second-order valence-electron chi connectivity index (χ2n) is 4.57. The molecule has 1 saturated heterocycles. The minimum atomic E-state index is -0.810. The normalized spacial score (nSPS) is 19.6. The summed E-state index contributed by atoms with van der Waals surface area (Å²) in [6.45, 7) is 3.70. The first-order valence-corrected chi connectivity index (χ1v) is 6.19. The van der Waals surface area contributed by atoms with Crippen LogP contribution in [-0.2, 0) is 16.1 Å². The van der Waals surface area contributed by atoms with Gasteiger partial charge in [-0.15, -0.1) is 0 Å². The lowest BCUT2D eigenvalue weighted by Crippen LogP contribution is -2.45. The fraction of sp³-hybridized carbons (Fsp3) is 0.636. The predicted molar refractivity (Wildman–Crippen MR) is 65.3 cm³/mol. The number of hydrogen-bond acceptors (Lipinski definition) is 7. The van der Waals surface area contributed by atoms with Crippen molar-refractivity contribution in [1.82, 2.24) is 4.81 Å². The Morgan fingerprint density at radius 3 is 2.89 bits per heavy atom. The highest BCUT2D eigenvalue weighted by Crippen LogP contribution is 2.19. The molecule has 1 aliphatic heterocycles. The van der Waals surface area contributed by atoms with Crippen molar-refractivity contribution >= 4 is 13.0 Å². The molecule has 0 radical (unpaired) electrons. The topological polar surface area (TPSA) is 93.1 Å². The maximum atomic E-state index is 11.9. The standard InChI is InChI=1S/C11H16BNO6/c1-7-9(19-11(15)18-7)6-17-10(14)8-4-3-5-13(8)12(2)16/h8,16H,3-6H2,1-2H3. The number of nitrogens with zero attached hydrogens (tertiary/aromatic N) is 1. The van der Waals surface area contributed by atoms with Gasteiger partial charge in [-0.2, -0.15) is 0 Å². The van der Waals surface area contributed by atoms with Crippen LogP contribution in [0.25, 0.3) is 0 Å². The lowest BCUT2D eigenvalue weighted by molar-refractivity contribution is -0.149. The molecule has 0 bridgehead atoms. The van der Waals surface area contributed by atoms with E-state index in [4.69, 9.17) is 9.15 Å². The smallest absolute Gasteiger partial charge is 0.456 e. The molecule has 0 aliphatic carbocycles. The number of aryl methyl sites for hydroxylation is 1. The lowest BCUT2D eigenvalue weighted by atomic mass is 9.84. The van der Waals surface area contributed by atoms with Gasteiger partial charge in [-0.1, -0.05) is 0 Å². The summed E-state index contributed by atoms with van der Waals surface area (Å²) in [5.74, 6) is -0.729. The summed E-state index contributed by atoms with van der Waals surface area (Å²) in [7, 11) is -0.686. The molecule has 1 atom stereocenters. The fourth-order valence-corrected chi connectivity index (χ4v) is 2.23. The number of carbonyl (C=O) groups excluding carboxylic acids is 1. The Balaban J connectivity index is 1.94. The Morgan fingerprint density at radius 1 is 1.58 bits per heavy atom. The van der Waals surface area contributed by atoms with Crippen LogP contribution in [0.5, 0.6) is 0 Å². The van der Waals surface area contributed by atoms with E-state index in [2.05, 4.69) is 4.42 Å². The zero-order chi connectivity index (χ0) is 14.0. The van der Waals surface area contributed by atoms with Crippen LogP contribution in [0.2, 0.25) is 6.82 Å². The van der Waals surface area contributed by atoms with Gasteiger partial charge in [-0.05, 0) is 33.1 Å². The molecule has 104 valence electrons. The Labute approximate surface area is 110 Å². The van der Waals surface area contributed by atoms with Gasteiger partial charge >= 0.3 is 18.8 Å². The van der Waals surface area contributed by atoms with E-state index < -0.39 is 24.9 Å². The Hall–Kier alpha value is -1.54. The number of hydrogen-bond donors (Lipinski definition) is 1. The Bertz CT molecular complexity index is 508. The Morgan fingerprint density at radius 2 is 2.32 bits per heavy atom. The molecule has 0 aromatic carbocycles. The zero-order valence-electron chi connectivity index (χ0n) is 10.9. The van der Waals surface area contributed by atoms with Gasteiger partial charge < -0.3 is 23.4 Å². The molecule has 19 heavy (non-hydrogen) atoms. The number of esters is 1. The molecule has 1 aromatic heterocycles. The third-order valence-corrected chi connectivity index (χ3v) is 3.23. The van der Waals surface area contributed by atoms with Gasteiger partial charge in [0.05, 0.1) is 0 Å². The maximum Gasteiger partial charge on any atom is 0.519 e. The monoisotopic (exact) mass is 269 g/mol. The van der Waals surface area contributed by atoms with E-state index >= 15 is 0 Å². The van der Waals surface area contributed by atoms with Crippen molar-refractivity contribution < 1.29 is 23.4 Å². The molecule has 1 unspecified atom stereocenters. The quantitative estimate of drug-likeness (QED) is 0.614. The maximum absolute atomic E-state index is 11.9. The van der Waals surface area contributed by atoms with Gasteiger partial charge in [0.2, 0.25) is 0 Å². The minimum absolute atomic E-state index is 0.138. The molecule has 1 aromatic rings. The van der Waals surface area contributed by atoms with Crippen molar-refractivity contribution in [1.29, 1.82) is 0 Å². The van der Waals surface area contributed by atoms with Gasteiger partial charge in [0.1, 0.15) is 6.04 Å². The molecule has 0 amide bonds. The van der Waals surface area contributed by atoms with Crippen molar-refractivity contribution in [2.75, 3.05) is 6.54 Å². The van der Waals surface area contributed by atoms with Crippen LogP contribution in [0.3, 0.4) is 0 Å². The van der Waals surface area contributed by atoms with E-state index in [0.29, 0.717) is 18.7 Å². The molecule has 1 N–H and O–H groups in total. The summed E-state index contributed by atoms with van der Waals surface area (Å²) in [6, 6.07) is -0.445. The first kappa shape index (κ1) is 13.9. The highest BCUT2D eigenvalue weighted by atomic mass is 16.6. The van der Waals surface area contributed by atoms with E-state index in [0.717, 1.165) is 6.42 Å². The third kappa shape index (κ3) is 3.08. The largest absolute Gasteiger partial charge is 0.519 e. The van der Waals surface area contributed by atoms with Crippen molar-refractivity contribution in [2.45, 2.75) is 39.2 Å². The predicted octanol–water partition coefficient (Wildman–Crippen LogP) is 0.159. The fourth-order valence-electron chi connectivity index (χ4n) is 2.23. The van der Waals surface area contributed by atoms with E-state index in [9.17, 15) is 14.6 Å². The summed E-state index contributed by atoms with van der Waals surface area (Å²) >= 11 is 0. The first-order valence-electron chi connectivity index (χ1n) is 6.19. The molecule has 2 rings (SSSR count). The first-order chi connectivity index (χ1) is 8.99. The van der Waals surface area contributed by atoms with E-state index in [1.54, 1.807) is 18.6 Å². The van der Waals surface area contributed by atoms with Gasteiger partial charge in [0.25, 0.3) is 0 Å². The SMILES string of the molecule is CB(O)N1CCCC1C(=O)OCc1oc(=O)oc1C. The zero-order valence-corrected chi connectivity index (χ0v) is 10.9. The molecule has 0 saturated carbocycles. The van der Waals surface area contributed by atoms with Crippen LogP contribution in [0.15, 0.2) is 13.6 Å². The summed E-state index contributed by atoms with van der Waals surface area (Å²) in [4.78, 5) is 24.4. The van der Waals surface area contributed by atoms with Crippen LogP contribution < -0.4 is 5.82 Å². The summed E-state index contributed by atoms with van der Waals surface area (Å²) in [5, 5.41) is 9.55. The molecular weight excluding hydrogens is 253 g/mol. The van der Waals surface area contributed by atoms with Crippen LogP contribution in [-0.4, -0.2) is 35.4 Å². The van der Waals surface area contributed by atoms with Crippen LogP contribution in [0.4, 0.5) is 0 Å². The van der Waals surface area contributed by atoms with Crippen molar-refractivity contribution in [3.63, 3.8) is 0 Å². The van der Waals surface area contributed by atoms with Gasteiger partial charge in [0.15, 0.2) is 18.1 Å². The number of rotatable bonds is 4. The summed E-state index contributed by atoms with van der Waals surface area (Å²) in [6.07, 6.45) is 1.49. The molecule has 1 aliphatic rings. The number of ether oxygens (including phenoxy) is 1. The van der Waals surface area contributed by atoms with E-state index in [1.165, 1.54) is 0 Å². The van der Waals surface area contributed by atoms with Crippen molar-refractivity contribution in [3.8, 4) is 0 Å². The third-order valence-electron chi connectivity index (χ3n) is 3.23. The molecule has 0 spiro atoms. The van der Waals surface area contributed by atoms with Crippen molar-refractivity contribution in [3.05, 3.63) is 22.1 Å². The van der Waals surface area contributed by atoms with Crippen LogP contribution in [0, 0.1) is 6.92 Å². The molecule has 8 heteroatoms. The molecule has 1 fully saturated rings. The van der Waals surface area contributed by atoms with Crippen molar-refractivity contribution in [2.24, 2.45) is 0 Å². The van der Waals surface area contributed by atoms with Crippen LogP contribution in [0.1, 0.15) is 24.4 Å². The molecule has 2 heterocycles. The minimum Gasteiger partial charge on any atom is -0.456 e. The highest BCUT2D eigenvalue weighted by molar-refractivity contribution is 6.45. The van der Waals surface area contributed by atoms with Gasteiger partial charge in [-0.3, -0.25) is 4.79 Å². The average Bonchev–Trinajstić information content (AvgIpc) is 2.93. The summed E-state index contributed by atoms with van der Waals surface area (Å²) in [5.41, 5.74) is 0. The number of carbonyl (C=O) groups is 1. The second-order valence-corrected chi connectivity index (χ2v) is 4.57. The van der Waals surface area contributed by atoms with E-state index in [1.807, 2.05) is 0 Å². The summed E-state index contributed by atoms with van der Waals surface area (Å²) < 4.78 is 14.5. The average molecular weight is 269 g/mol. The molecular formula is C11H16BNO6. The molecule has 7 nitrogen and oxygen atoms in total. The lowest BCUT2D eigenvalue weighted by Gasteiger charge is -2.23. The van der Waals surface area contributed by atoms with Gasteiger partial charge in [0, 0.05) is 0 Å². The van der Waals surface area contributed by atoms with Gasteiger partial charge in [-0.25, -0.2) is 4.79 Å². The highest BCUT2D eigenvalue weighted by Gasteiger charge is 2.36. The van der Waals surface area contributed by atoms with E-state index in [-0.39, 0.29) is 12.4 Å². The Kier molecular flexibility index (Phi) is 4.11. The second kappa shape index (κ2) is 5.62.